The van der Waals surface area contributed by atoms with E-state index < -0.39 is 0 Å². The second-order valence-corrected chi connectivity index (χ2v) is 5.42. The van der Waals surface area contributed by atoms with Crippen LogP contribution < -0.4 is 5.32 Å². The molecule has 0 aliphatic heterocycles. The fourth-order valence-corrected chi connectivity index (χ4v) is 2.23. The Balaban J connectivity index is 2.84. The van der Waals surface area contributed by atoms with E-state index in [1.54, 1.807) is 0 Å². The highest BCUT2D eigenvalue weighted by atomic mass is 79.9. The molecule has 0 spiro atoms. The minimum Gasteiger partial charge on any atom is -0.380 e. The highest BCUT2D eigenvalue weighted by molar-refractivity contribution is 9.10. The van der Waals surface area contributed by atoms with Gasteiger partial charge >= 0.3 is 0 Å². The molecule has 0 atom stereocenters. The van der Waals surface area contributed by atoms with E-state index in [0.29, 0.717) is 5.56 Å². The minimum absolute atomic E-state index is 0.0857. The largest absolute Gasteiger partial charge is 0.380 e. The molecule has 0 heterocycles. The fourth-order valence-electron chi connectivity index (χ4n) is 1.76. The fraction of sp³-hybridized carbons (Fsp3) is 0.462. The summed E-state index contributed by atoms with van der Waals surface area (Å²) >= 11 is 3.39. The van der Waals surface area contributed by atoms with E-state index in [9.17, 15) is 0 Å². The summed E-state index contributed by atoms with van der Waals surface area (Å²) in [6.45, 7) is 6.54. The van der Waals surface area contributed by atoms with E-state index in [1.165, 1.54) is 0 Å². The highest BCUT2D eigenvalue weighted by Gasteiger charge is 2.16. The van der Waals surface area contributed by atoms with Crippen LogP contribution in [-0.4, -0.2) is 5.54 Å². The van der Waals surface area contributed by atoms with Gasteiger partial charge in [0.2, 0.25) is 0 Å². The van der Waals surface area contributed by atoms with Gasteiger partial charge < -0.3 is 5.32 Å². The number of nitrogens with one attached hydrogen (secondary N) is 1. The summed E-state index contributed by atoms with van der Waals surface area (Å²) in [5, 5.41) is 12.3. The van der Waals surface area contributed by atoms with Crippen molar-refractivity contribution in [3.8, 4) is 6.07 Å². The topological polar surface area (TPSA) is 35.8 Å². The molecule has 0 aromatic heterocycles. The quantitative estimate of drug-likeness (QED) is 0.892. The zero-order valence-corrected chi connectivity index (χ0v) is 11.6. The molecular weight excluding hydrogens is 264 g/mol. The van der Waals surface area contributed by atoms with Gasteiger partial charge in [-0.1, -0.05) is 13.3 Å². The molecule has 0 bridgehead atoms. The predicted molar refractivity (Wildman–Crippen MR) is 71.5 cm³/mol. The maximum Gasteiger partial charge on any atom is 0.100 e. The molecule has 0 fully saturated rings. The van der Waals surface area contributed by atoms with Crippen LogP contribution in [0.5, 0.6) is 0 Å². The van der Waals surface area contributed by atoms with Crippen LogP contribution in [-0.2, 0) is 0 Å². The smallest absolute Gasteiger partial charge is 0.100 e. The lowest BCUT2D eigenvalue weighted by atomic mass is 9.98. The van der Waals surface area contributed by atoms with Crippen molar-refractivity contribution in [1.29, 1.82) is 5.26 Å². The van der Waals surface area contributed by atoms with Crippen molar-refractivity contribution in [2.45, 2.75) is 39.2 Å². The normalized spacial score (nSPS) is 10.9. The van der Waals surface area contributed by atoms with Gasteiger partial charge in [-0.3, -0.25) is 0 Å². The third-order valence-corrected chi connectivity index (χ3v) is 3.10. The first-order valence-corrected chi connectivity index (χ1v) is 6.25. The lowest BCUT2D eigenvalue weighted by molar-refractivity contribution is 0.511. The van der Waals surface area contributed by atoms with Crippen LogP contribution in [0.4, 0.5) is 5.69 Å². The lowest BCUT2D eigenvalue weighted by Gasteiger charge is -2.27. The van der Waals surface area contributed by atoms with Crippen molar-refractivity contribution in [2.24, 2.45) is 0 Å². The summed E-state index contributed by atoms with van der Waals surface area (Å²) in [5.74, 6) is 0. The van der Waals surface area contributed by atoms with Crippen molar-refractivity contribution in [3.05, 3.63) is 28.2 Å². The molecule has 1 aromatic carbocycles. The zero-order chi connectivity index (χ0) is 12.2. The van der Waals surface area contributed by atoms with E-state index in [0.717, 1.165) is 23.0 Å². The summed E-state index contributed by atoms with van der Waals surface area (Å²) in [7, 11) is 0. The number of hydrogen-bond acceptors (Lipinski definition) is 2. The number of anilines is 1. The van der Waals surface area contributed by atoms with Gasteiger partial charge in [0.05, 0.1) is 5.56 Å². The van der Waals surface area contributed by atoms with Gasteiger partial charge in [0.25, 0.3) is 0 Å². The Morgan fingerprint density at radius 3 is 2.62 bits per heavy atom. The molecular formula is C13H17BrN2. The molecule has 3 heteroatoms. The van der Waals surface area contributed by atoms with Crippen LogP contribution in [0.1, 0.15) is 39.2 Å². The van der Waals surface area contributed by atoms with Gasteiger partial charge in [0.15, 0.2) is 0 Å². The number of benzene rings is 1. The monoisotopic (exact) mass is 280 g/mol. The third-order valence-electron chi connectivity index (χ3n) is 2.45. The van der Waals surface area contributed by atoms with E-state index >= 15 is 0 Å². The van der Waals surface area contributed by atoms with Crippen molar-refractivity contribution in [1.82, 2.24) is 0 Å². The van der Waals surface area contributed by atoms with Crippen molar-refractivity contribution >= 4 is 21.6 Å². The molecule has 0 amide bonds. The molecule has 1 N–H and O–H groups in total. The summed E-state index contributed by atoms with van der Waals surface area (Å²) < 4.78 is 0.840. The van der Waals surface area contributed by atoms with Crippen molar-refractivity contribution < 1.29 is 0 Å². The second kappa shape index (κ2) is 5.36. The molecule has 86 valence electrons. The first-order valence-electron chi connectivity index (χ1n) is 5.46. The number of hydrogen-bond donors (Lipinski definition) is 1. The van der Waals surface area contributed by atoms with Gasteiger partial charge in [-0.15, -0.1) is 0 Å². The first kappa shape index (κ1) is 13.1. The standard InChI is InChI=1S/C13H17BrN2/c1-4-7-13(2,3)16-11-6-5-10(9-15)12(14)8-11/h5-6,8,16H,4,7H2,1-3H3. The van der Waals surface area contributed by atoms with Gasteiger partial charge in [0, 0.05) is 15.7 Å². The lowest BCUT2D eigenvalue weighted by Crippen LogP contribution is -2.30. The Labute approximate surface area is 106 Å². The maximum absolute atomic E-state index is 8.83. The summed E-state index contributed by atoms with van der Waals surface area (Å²) in [4.78, 5) is 0. The zero-order valence-electron chi connectivity index (χ0n) is 9.97. The van der Waals surface area contributed by atoms with E-state index in [4.69, 9.17) is 5.26 Å². The third kappa shape index (κ3) is 3.53. The Morgan fingerprint density at radius 2 is 2.12 bits per heavy atom. The number of nitriles is 1. The number of nitrogens with zero attached hydrogens (tertiary/aromatic N) is 1. The van der Waals surface area contributed by atoms with E-state index in [1.807, 2.05) is 18.2 Å². The molecule has 0 unspecified atom stereocenters. The Morgan fingerprint density at radius 1 is 1.44 bits per heavy atom. The van der Waals surface area contributed by atoms with E-state index in [2.05, 4.69) is 48.1 Å². The van der Waals surface area contributed by atoms with Crippen molar-refractivity contribution in [2.75, 3.05) is 5.32 Å². The van der Waals surface area contributed by atoms with Crippen LogP contribution in [0.15, 0.2) is 22.7 Å². The molecule has 0 radical (unpaired) electrons. The van der Waals surface area contributed by atoms with Crippen LogP contribution in [0.3, 0.4) is 0 Å². The predicted octanol–water partition coefficient (Wildman–Crippen LogP) is 4.31. The summed E-state index contributed by atoms with van der Waals surface area (Å²) in [6.07, 6.45) is 2.27. The van der Waals surface area contributed by atoms with Crippen LogP contribution >= 0.6 is 15.9 Å². The molecule has 0 aliphatic carbocycles. The van der Waals surface area contributed by atoms with Crippen LogP contribution in [0, 0.1) is 11.3 Å². The Kier molecular flexibility index (Phi) is 4.37. The molecule has 16 heavy (non-hydrogen) atoms. The molecule has 1 aromatic rings. The number of rotatable bonds is 4. The first-order chi connectivity index (χ1) is 7.48. The van der Waals surface area contributed by atoms with Crippen molar-refractivity contribution in [3.63, 3.8) is 0 Å². The van der Waals surface area contributed by atoms with Crippen LogP contribution in [0.2, 0.25) is 0 Å². The molecule has 1 rings (SSSR count). The van der Waals surface area contributed by atoms with Gasteiger partial charge in [-0.2, -0.15) is 5.26 Å². The molecule has 2 nitrogen and oxygen atoms in total. The Hall–Kier alpha value is -1.01. The Bertz CT molecular complexity index is 405. The van der Waals surface area contributed by atoms with Crippen LogP contribution in [0.25, 0.3) is 0 Å². The average Bonchev–Trinajstić information content (AvgIpc) is 2.17. The highest BCUT2D eigenvalue weighted by Crippen LogP contribution is 2.24. The van der Waals surface area contributed by atoms with Gasteiger partial charge in [-0.05, 0) is 54.4 Å². The average molecular weight is 281 g/mol. The minimum atomic E-state index is 0.0857. The van der Waals surface area contributed by atoms with Gasteiger partial charge in [-0.25, -0.2) is 0 Å². The molecule has 0 saturated heterocycles. The summed E-state index contributed by atoms with van der Waals surface area (Å²) in [6, 6.07) is 7.86. The van der Waals surface area contributed by atoms with E-state index in [-0.39, 0.29) is 5.54 Å². The SMILES string of the molecule is CCCC(C)(C)Nc1ccc(C#N)c(Br)c1. The molecule has 0 aliphatic rings. The summed E-state index contributed by atoms with van der Waals surface area (Å²) in [5.41, 5.74) is 1.80. The van der Waals surface area contributed by atoms with Gasteiger partial charge in [0.1, 0.15) is 6.07 Å². The maximum atomic E-state index is 8.83. The second-order valence-electron chi connectivity index (χ2n) is 4.57. The number of halogens is 1. The molecule has 0 saturated carbocycles.